The molecule has 3 N–H and O–H groups in total. The summed E-state index contributed by atoms with van der Waals surface area (Å²) in [4.78, 5) is 12.3. The topological polar surface area (TPSA) is 135 Å². The Labute approximate surface area is 183 Å². The molecule has 0 fully saturated rings. The van der Waals surface area contributed by atoms with E-state index in [1.807, 2.05) is 6.07 Å². The number of aromatic nitrogens is 4. The summed E-state index contributed by atoms with van der Waals surface area (Å²) in [6.07, 6.45) is 2.04. The lowest BCUT2D eigenvalue weighted by atomic mass is 10.2. The predicted octanol–water partition coefficient (Wildman–Crippen LogP) is 3.83. The maximum absolute atomic E-state index is 14.4. The molecule has 0 aliphatic carbocycles. The first kappa shape index (κ1) is 21.2. The maximum Gasteiger partial charge on any atom is 0.229 e. The van der Waals surface area contributed by atoms with E-state index in [1.54, 1.807) is 49.4 Å². The number of nitrogens with zero attached hydrogens (tertiary/aromatic N) is 4. The number of nitrogens with one attached hydrogen (secondary N) is 3. The molecule has 0 spiro atoms. The number of hydrogen-bond donors (Lipinski definition) is 3. The van der Waals surface area contributed by atoms with Crippen molar-refractivity contribution >= 4 is 38.9 Å². The zero-order valence-electron chi connectivity index (χ0n) is 17.0. The highest BCUT2D eigenvalue weighted by atomic mass is 32.2. The second-order valence-corrected chi connectivity index (χ2v) is 8.53. The van der Waals surface area contributed by atoms with Gasteiger partial charge in [-0.25, -0.2) is 17.8 Å². The Morgan fingerprint density at radius 3 is 2.50 bits per heavy atom. The van der Waals surface area contributed by atoms with Crippen molar-refractivity contribution in [2.45, 2.75) is 6.92 Å². The zero-order valence-corrected chi connectivity index (χ0v) is 17.8. The largest absolute Gasteiger partial charge is 0.339 e. The number of sulfonamides is 1. The Bertz CT molecular complexity index is 1380. The third kappa shape index (κ3) is 5.16. The van der Waals surface area contributed by atoms with E-state index in [4.69, 9.17) is 4.52 Å². The second-order valence-electron chi connectivity index (χ2n) is 6.78. The van der Waals surface area contributed by atoms with Crippen molar-refractivity contribution in [1.82, 2.24) is 20.1 Å². The lowest BCUT2D eigenvalue weighted by molar-refractivity contribution is 0.394. The highest BCUT2D eigenvalue weighted by Crippen LogP contribution is 2.27. The van der Waals surface area contributed by atoms with Gasteiger partial charge < -0.3 is 15.2 Å². The maximum atomic E-state index is 14.4. The fraction of sp³-hybridized carbons (Fsp3) is 0.100. The fourth-order valence-electron chi connectivity index (χ4n) is 2.81. The molecule has 0 saturated carbocycles. The number of rotatable bonds is 7. The van der Waals surface area contributed by atoms with Gasteiger partial charge in [0.2, 0.25) is 27.7 Å². The van der Waals surface area contributed by atoms with Crippen LogP contribution in [0, 0.1) is 12.7 Å². The molecule has 0 unspecified atom stereocenters. The minimum atomic E-state index is -3.52. The van der Waals surface area contributed by atoms with Gasteiger partial charge in [0.1, 0.15) is 0 Å². The van der Waals surface area contributed by atoms with Crippen LogP contribution in [0.15, 0.2) is 59.3 Å². The molecule has 12 heteroatoms. The summed E-state index contributed by atoms with van der Waals surface area (Å²) in [5, 5.41) is 9.69. The summed E-state index contributed by atoms with van der Waals surface area (Å²) < 4.78 is 44.9. The molecule has 2 aromatic heterocycles. The molecule has 0 amide bonds. The minimum Gasteiger partial charge on any atom is -0.339 e. The van der Waals surface area contributed by atoms with E-state index in [0.29, 0.717) is 28.7 Å². The Kier molecular flexibility index (Phi) is 5.69. The second kappa shape index (κ2) is 8.59. The van der Waals surface area contributed by atoms with E-state index in [0.717, 1.165) is 12.5 Å². The Morgan fingerprint density at radius 2 is 1.78 bits per heavy atom. The van der Waals surface area contributed by atoms with E-state index < -0.39 is 15.8 Å². The number of anilines is 5. The van der Waals surface area contributed by atoms with E-state index in [9.17, 15) is 12.8 Å². The van der Waals surface area contributed by atoms with Crippen LogP contribution in [0.3, 0.4) is 0 Å². The molecule has 4 rings (SSSR count). The minimum absolute atomic E-state index is 0.129. The van der Waals surface area contributed by atoms with Crippen LogP contribution in [0.5, 0.6) is 0 Å². The quantitative estimate of drug-likeness (QED) is 0.380. The van der Waals surface area contributed by atoms with Crippen LogP contribution in [-0.2, 0) is 10.0 Å². The van der Waals surface area contributed by atoms with E-state index >= 15 is 0 Å². The third-order valence-electron chi connectivity index (χ3n) is 4.12. The lowest BCUT2D eigenvalue weighted by Gasteiger charge is -2.13. The molecule has 0 atom stereocenters. The predicted molar refractivity (Wildman–Crippen MR) is 118 cm³/mol. The highest BCUT2D eigenvalue weighted by Gasteiger charge is 2.13. The van der Waals surface area contributed by atoms with Crippen LogP contribution in [-0.4, -0.2) is 34.8 Å². The normalized spacial score (nSPS) is 11.2. The summed E-state index contributed by atoms with van der Waals surface area (Å²) in [5.41, 5.74) is 1.93. The monoisotopic (exact) mass is 455 g/mol. The zero-order chi connectivity index (χ0) is 22.7. The van der Waals surface area contributed by atoms with Crippen LogP contribution in [0.2, 0.25) is 0 Å². The van der Waals surface area contributed by atoms with Crippen molar-refractivity contribution in [3.63, 3.8) is 0 Å². The smallest absolute Gasteiger partial charge is 0.229 e. The Balaban J connectivity index is 1.58. The van der Waals surface area contributed by atoms with Gasteiger partial charge in [0.15, 0.2) is 11.6 Å². The standard InChI is InChI=1S/C20H18FN7O3S/c1-12-23-18(27-31-12)13-6-5-7-14(10-13)24-20-22-11-15(21)19(26-20)25-16-8-3-4-9-17(16)28-32(2,29)30/h3-11,28H,1-2H3,(H2,22,24,25,26). The Hall–Kier alpha value is -4.06. The first-order chi connectivity index (χ1) is 15.3. The molecule has 2 heterocycles. The molecule has 32 heavy (non-hydrogen) atoms. The van der Waals surface area contributed by atoms with Gasteiger partial charge >= 0.3 is 0 Å². The first-order valence-corrected chi connectivity index (χ1v) is 11.2. The van der Waals surface area contributed by atoms with Gasteiger partial charge in [-0.3, -0.25) is 4.72 Å². The van der Waals surface area contributed by atoms with Crippen LogP contribution < -0.4 is 15.4 Å². The molecule has 2 aromatic carbocycles. The number of benzene rings is 2. The van der Waals surface area contributed by atoms with Gasteiger partial charge in [-0.05, 0) is 24.3 Å². The van der Waals surface area contributed by atoms with Crippen LogP contribution in [0.4, 0.5) is 33.2 Å². The molecule has 4 aromatic rings. The van der Waals surface area contributed by atoms with Crippen molar-refractivity contribution in [2.24, 2.45) is 0 Å². The van der Waals surface area contributed by atoms with Gasteiger partial charge in [0, 0.05) is 18.2 Å². The van der Waals surface area contributed by atoms with Gasteiger partial charge in [0.05, 0.1) is 23.8 Å². The number of halogens is 1. The average molecular weight is 455 g/mol. The van der Waals surface area contributed by atoms with E-state index in [2.05, 4.69) is 35.5 Å². The molecule has 0 aliphatic heterocycles. The van der Waals surface area contributed by atoms with E-state index in [-0.39, 0.29) is 17.5 Å². The van der Waals surface area contributed by atoms with Gasteiger partial charge in [-0.1, -0.05) is 29.4 Å². The molecule has 0 saturated heterocycles. The lowest BCUT2D eigenvalue weighted by Crippen LogP contribution is -2.11. The summed E-state index contributed by atoms with van der Waals surface area (Å²) in [6.45, 7) is 1.70. The van der Waals surface area contributed by atoms with Crippen LogP contribution in [0.25, 0.3) is 11.4 Å². The number of aryl methyl sites for hydroxylation is 1. The molecule has 0 aliphatic rings. The average Bonchev–Trinajstić information content (AvgIpc) is 3.17. The van der Waals surface area contributed by atoms with Crippen LogP contribution >= 0.6 is 0 Å². The molecule has 164 valence electrons. The van der Waals surface area contributed by atoms with Gasteiger partial charge in [-0.2, -0.15) is 9.97 Å². The number of para-hydroxylation sites is 2. The van der Waals surface area contributed by atoms with Gasteiger partial charge in [-0.15, -0.1) is 0 Å². The highest BCUT2D eigenvalue weighted by molar-refractivity contribution is 7.92. The van der Waals surface area contributed by atoms with E-state index in [1.165, 1.54) is 0 Å². The molecule has 10 nitrogen and oxygen atoms in total. The summed E-state index contributed by atoms with van der Waals surface area (Å²) in [6, 6.07) is 13.6. The van der Waals surface area contributed by atoms with Gasteiger partial charge in [0.25, 0.3) is 0 Å². The first-order valence-electron chi connectivity index (χ1n) is 9.31. The molecule has 0 bridgehead atoms. The molecular formula is C20H18FN7O3S. The van der Waals surface area contributed by atoms with Crippen molar-refractivity contribution < 1.29 is 17.3 Å². The number of hydrogen-bond acceptors (Lipinski definition) is 9. The summed E-state index contributed by atoms with van der Waals surface area (Å²) in [5.74, 6) is 0.171. The third-order valence-corrected chi connectivity index (χ3v) is 4.71. The summed E-state index contributed by atoms with van der Waals surface area (Å²) >= 11 is 0. The molecule has 0 radical (unpaired) electrons. The van der Waals surface area contributed by atoms with Crippen molar-refractivity contribution in [1.29, 1.82) is 0 Å². The van der Waals surface area contributed by atoms with Crippen molar-refractivity contribution in [3.8, 4) is 11.4 Å². The SMILES string of the molecule is Cc1nc(-c2cccc(Nc3ncc(F)c(Nc4ccccc4NS(C)(=O)=O)n3)c2)no1. The van der Waals surface area contributed by atoms with Crippen molar-refractivity contribution in [2.75, 3.05) is 21.6 Å². The molecular weight excluding hydrogens is 437 g/mol. The fourth-order valence-corrected chi connectivity index (χ4v) is 3.38. The Morgan fingerprint density at radius 1 is 1.00 bits per heavy atom. The van der Waals surface area contributed by atoms with Crippen LogP contribution in [0.1, 0.15) is 5.89 Å². The van der Waals surface area contributed by atoms with Crippen molar-refractivity contribution in [3.05, 3.63) is 66.4 Å². The summed E-state index contributed by atoms with van der Waals surface area (Å²) in [7, 11) is -3.52.